The van der Waals surface area contributed by atoms with Gasteiger partial charge in [-0.15, -0.1) is 0 Å². The Balaban J connectivity index is 1.41. The molecule has 0 aliphatic carbocycles. The zero-order valence-electron chi connectivity index (χ0n) is 17.5. The Morgan fingerprint density at radius 3 is 2.29 bits per heavy atom. The van der Waals surface area contributed by atoms with Gasteiger partial charge in [-0.1, -0.05) is 60.2 Å². The quantitative estimate of drug-likeness (QED) is 0.430. The SMILES string of the molecule is Cc1ccc([C@H](C)NC(=O)c2ccc(Nc3ccnc(-c4ccccc4)n3)cc2)cc1. The Kier molecular flexibility index (Phi) is 6.03. The van der Waals surface area contributed by atoms with Gasteiger partial charge in [0.2, 0.25) is 0 Å². The number of hydrogen-bond acceptors (Lipinski definition) is 4. The molecule has 5 heteroatoms. The Labute approximate surface area is 182 Å². The number of benzene rings is 3. The average Bonchev–Trinajstić information content (AvgIpc) is 2.81. The summed E-state index contributed by atoms with van der Waals surface area (Å²) in [6.07, 6.45) is 1.73. The zero-order valence-corrected chi connectivity index (χ0v) is 17.5. The predicted molar refractivity (Wildman–Crippen MR) is 124 cm³/mol. The Morgan fingerprint density at radius 1 is 0.871 bits per heavy atom. The van der Waals surface area contributed by atoms with Gasteiger partial charge in [-0.2, -0.15) is 0 Å². The van der Waals surface area contributed by atoms with E-state index in [-0.39, 0.29) is 11.9 Å². The summed E-state index contributed by atoms with van der Waals surface area (Å²) in [5.41, 5.74) is 4.69. The number of hydrogen-bond donors (Lipinski definition) is 2. The lowest BCUT2D eigenvalue weighted by atomic mass is 10.1. The fraction of sp³-hybridized carbons (Fsp3) is 0.115. The second-order valence-corrected chi connectivity index (χ2v) is 7.44. The van der Waals surface area contributed by atoms with Crippen LogP contribution in [0.3, 0.4) is 0 Å². The Morgan fingerprint density at radius 2 is 1.58 bits per heavy atom. The third-order valence-electron chi connectivity index (χ3n) is 5.03. The van der Waals surface area contributed by atoms with Crippen LogP contribution in [-0.2, 0) is 0 Å². The van der Waals surface area contributed by atoms with Crippen LogP contribution in [0.4, 0.5) is 11.5 Å². The van der Waals surface area contributed by atoms with Crippen molar-refractivity contribution in [1.29, 1.82) is 0 Å². The highest BCUT2D eigenvalue weighted by molar-refractivity contribution is 5.94. The van der Waals surface area contributed by atoms with E-state index < -0.39 is 0 Å². The molecular weight excluding hydrogens is 384 g/mol. The number of amides is 1. The molecular formula is C26H24N4O. The predicted octanol–water partition coefficient (Wildman–Crippen LogP) is 5.69. The molecule has 4 aromatic rings. The van der Waals surface area contributed by atoms with Gasteiger partial charge in [0.1, 0.15) is 5.82 Å². The van der Waals surface area contributed by atoms with Crippen molar-refractivity contribution >= 4 is 17.4 Å². The van der Waals surface area contributed by atoms with Gasteiger partial charge < -0.3 is 10.6 Å². The van der Waals surface area contributed by atoms with Crippen LogP contribution in [0.25, 0.3) is 11.4 Å². The summed E-state index contributed by atoms with van der Waals surface area (Å²) in [5.74, 6) is 1.25. The van der Waals surface area contributed by atoms with E-state index in [1.807, 2.05) is 74.5 Å². The smallest absolute Gasteiger partial charge is 0.251 e. The second-order valence-electron chi connectivity index (χ2n) is 7.44. The van der Waals surface area contributed by atoms with Crippen molar-refractivity contribution in [3.05, 3.63) is 108 Å². The highest BCUT2D eigenvalue weighted by Crippen LogP contribution is 2.20. The molecule has 4 rings (SSSR count). The lowest BCUT2D eigenvalue weighted by Gasteiger charge is -2.15. The van der Waals surface area contributed by atoms with Crippen LogP contribution in [-0.4, -0.2) is 15.9 Å². The molecule has 3 aromatic carbocycles. The van der Waals surface area contributed by atoms with Gasteiger partial charge in [0.25, 0.3) is 5.91 Å². The van der Waals surface area contributed by atoms with E-state index >= 15 is 0 Å². The van der Waals surface area contributed by atoms with Gasteiger partial charge in [0, 0.05) is 23.0 Å². The van der Waals surface area contributed by atoms with Gasteiger partial charge in [0.15, 0.2) is 5.82 Å². The number of carbonyl (C=O) groups excluding carboxylic acids is 1. The molecule has 0 aliphatic heterocycles. The molecule has 0 spiro atoms. The maximum absolute atomic E-state index is 12.6. The summed E-state index contributed by atoms with van der Waals surface area (Å²) in [5, 5.41) is 6.32. The summed E-state index contributed by atoms with van der Waals surface area (Å²) in [6.45, 7) is 4.03. The molecule has 5 nitrogen and oxygen atoms in total. The van der Waals surface area contributed by atoms with Gasteiger partial charge in [0.05, 0.1) is 6.04 Å². The largest absolute Gasteiger partial charge is 0.346 e. The molecule has 0 bridgehead atoms. The van der Waals surface area contributed by atoms with E-state index in [0.717, 1.165) is 16.8 Å². The molecule has 0 fully saturated rings. The highest BCUT2D eigenvalue weighted by atomic mass is 16.1. The molecule has 1 amide bonds. The number of anilines is 2. The summed E-state index contributed by atoms with van der Waals surface area (Å²) in [7, 11) is 0. The number of nitrogens with zero attached hydrogens (tertiary/aromatic N) is 2. The minimum atomic E-state index is -0.104. The molecule has 2 N–H and O–H groups in total. The number of nitrogens with one attached hydrogen (secondary N) is 2. The highest BCUT2D eigenvalue weighted by Gasteiger charge is 2.11. The number of rotatable bonds is 6. The molecule has 1 heterocycles. The first kappa shape index (κ1) is 20.3. The molecule has 0 radical (unpaired) electrons. The minimum absolute atomic E-state index is 0.0664. The van der Waals surface area contributed by atoms with Gasteiger partial charge in [-0.25, -0.2) is 9.97 Å². The minimum Gasteiger partial charge on any atom is -0.346 e. The number of aromatic nitrogens is 2. The van der Waals surface area contributed by atoms with Crippen molar-refractivity contribution in [3.8, 4) is 11.4 Å². The van der Waals surface area contributed by atoms with Gasteiger partial charge in [-0.05, 0) is 49.7 Å². The van der Waals surface area contributed by atoms with Crippen LogP contribution in [0.1, 0.15) is 34.5 Å². The molecule has 31 heavy (non-hydrogen) atoms. The molecule has 1 atom stereocenters. The first-order valence-corrected chi connectivity index (χ1v) is 10.2. The first-order chi connectivity index (χ1) is 15.1. The zero-order chi connectivity index (χ0) is 21.6. The topological polar surface area (TPSA) is 66.9 Å². The average molecular weight is 409 g/mol. The maximum Gasteiger partial charge on any atom is 0.251 e. The van der Waals surface area contributed by atoms with Crippen molar-refractivity contribution in [2.24, 2.45) is 0 Å². The molecule has 0 unspecified atom stereocenters. The summed E-state index contributed by atoms with van der Waals surface area (Å²) in [4.78, 5) is 21.5. The van der Waals surface area contributed by atoms with Crippen LogP contribution in [0, 0.1) is 6.92 Å². The van der Waals surface area contributed by atoms with E-state index in [9.17, 15) is 4.79 Å². The van der Waals surface area contributed by atoms with Gasteiger partial charge >= 0.3 is 0 Å². The van der Waals surface area contributed by atoms with Gasteiger partial charge in [-0.3, -0.25) is 4.79 Å². The normalized spacial score (nSPS) is 11.5. The third-order valence-corrected chi connectivity index (χ3v) is 5.03. The van der Waals surface area contributed by atoms with E-state index in [4.69, 9.17) is 0 Å². The Hall–Kier alpha value is -3.99. The van der Waals surface area contributed by atoms with E-state index in [0.29, 0.717) is 17.2 Å². The summed E-state index contributed by atoms with van der Waals surface area (Å²) in [6, 6.07) is 27.1. The van der Waals surface area contributed by atoms with Crippen LogP contribution >= 0.6 is 0 Å². The lowest BCUT2D eigenvalue weighted by Crippen LogP contribution is -2.26. The number of carbonyl (C=O) groups is 1. The second kappa shape index (κ2) is 9.22. The molecule has 1 aromatic heterocycles. The van der Waals surface area contributed by atoms with Crippen LogP contribution in [0.2, 0.25) is 0 Å². The van der Waals surface area contributed by atoms with E-state index in [2.05, 4.69) is 32.7 Å². The first-order valence-electron chi connectivity index (χ1n) is 10.2. The van der Waals surface area contributed by atoms with Crippen molar-refractivity contribution in [1.82, 2.24) is 15.3 Å². The van der Waals surface area contributed by atoms with Crippen molar-refractivity contribution in [3.63, 3.8) is 0 Å². The summed E-state index contributed by atoms with van der Waals surface area (Å²) >= 11 is 0. The van der Waals surface area contributed by atoms with Crippen molar-refractivity contribution < 1.29 is 4.79 Å². The lowest BCUT2D eigenvalue weighted by molar-refractivity contribution is 0.0940. The van der Waals surface area contributed by atoms with Crippen LogP contribution < -0.4 is 10.6 Å². The maximum atomic E-state index is 12.6. The van der Waals surface area contributed by atoms with Crippen LogP contribution in [0.15, 0.2) is 91.1 Å². The number of aryl methyl sites for hydroxylation is 1. The van der Waals surface area contributed by atoms with E-state index in [1.54, 1.807) is 18.3 Å². The van der Waals surface area contributed by atoms with Crippen LogP contribution in [0.5, 0.6) is 0 Å². The molecule has 0 saturated carbocycles. The Bertz CT molecular complexity index is 1160. The third kappa shape index (κ3) is 5.14. The molecule has 154 valence electrons. The van der Waals surface area contributed by atoms with Crippen molar-refractivity contribution in [2.75, 3.05) is 5.32 Å². The summed E-state index contributed by atoms with van der Waals surface area (Å²) < 4.78 is 0. The molecule has 0 aliphatic rings. The fourth-order valence-electron chi connectivity index (χ4n) is 3.23. The monoisotopic (exact) mass is 408 g/mol. The van der Waals surface area contributed by atoms with Crippen molar-refractivity contribution in [2.45, 2.75) is 19.9 Å². The molecule has 0 saturated heterocycles. The standard InChI is InChI=1S/C26H24N4O/c1-18-8-10-20(11-9-18)19(2)28-26(31)22-12-14-23(15-13-22)29-24-16-17-27-25(30-24)21-6-4-3-5-7-21/h3-17,19H,1-2H3,(H,28,31)(H,27,29,30)/t19-/m0/s1. The fourth-order valence-corrected chi connectivity index (χ4v) is 3.23. The van der Waals surface area contributed by atoms with E-state index in [1.165, 1.54) is 5.56 Å².